The highest BCUT2D eigenvalue weighted by atomic mass is 32.1. The molecule has 0 saturated carbocycles. The summed E-state index contributed by atoms with van der Waals surface area (Å²) in [7, 11) is 1.88. The Morgan fingerprint density at radius 1 is 1.65 bits per heavy atom. The highest BCUT2D eigenvalue weighted by Crippen LogP contribution is 2.27. The second kappa shape index (κ2) is 6.65. The van der Waals surface area contributed by atoms with Crippen LogP contribution in [0.3, 0.4) is 0 Å². The van der Waals surface area contributed by atoms with Gasteiger partial charge >= 0.3 is 0 Å². The van der Waals surface area contributed by atoms with Crippen LogP contribution in [0.2, 0.25) is 0 Å². The zero-order valence-corrected chi connectivity index (χ0v) is 13.4. The van der Waals surface area contributed by atoms with E-state index in [0.717, 1.165) is 35.1 Å². The third-order valence-corrected chi connectivity index (χ3v) is 4.98. The molecule has 0 spiro atoms. The molecular weight excluding hydrogens is 274 g/mol. The molecule has 1 aliphatic heterocycles. The van der Waals surface area contributed by atoms with Gasteiger partial charge < -0.3 is 15.0 Å². The first-order valence-electron chi connectivity index (χ1n) is 7.11. The minimum absolute atomic E-state index is 0.0521. The molecule has 1 N–H and O–H groups in total. The molecular formula is C14H23N3O2S. The van der Waals surface area contributed by atoms with Crippen molar-refractivity contribution in [2.75, 3.05) is 26.7 Å². The number of hydrogen-bond acceptors (Lipinski definition) is 5. The van der Waals surface area contributed by atoms with E-state index in [1.54, 1.807) is 0 Å². The van der Waals surface area contributed by atoms with Crippen molar-refractivity contribution in [1.82, 2.24) is 15.2 Å². The number of ether oxygens (including phenoxy) is 1. The predicted octanol–water partition coefficient (Wildman–Crippen LogP) is 1.98. The van der Waals surface area contributed by atoms with Gasteiger partial charge in [-0.25, -0.2) is 4.98 Å². The van der Waals surface area contributed by atoms with Crippen molar-refractivity contribution < 1.29 is 9.53 Å². The third kappa shape index (κ3) is 3.19. The monoisotopic (exact) mass is 297 g/mol. The van der Waals surface area contributed by atoms with Gasteiger partial charge in [0.05, 0.1) is 5.69 Å². The predicted molar refractivity (Wildman–Crippen MR) is 80.3 cm³/mol. The van der Waals surface area contributed by atoms with E-state index in [-0.39, 0.29) is 18.1 Å². The molecule has 1 amide bonds. The van der Waals surface area contributed by atoms with Gasteiger partial charge in [0.1, 0.15) is 16.0 Å². The average molecular weight is 297 g/mol. The number of aromatic nitrogens is 1. The van der Waals surface area contributed by atoms with Crippen molar-refractivity contribution >= 4 is 17.2 Å². The highest BCUT2D eigenvalue weighted by Gasteiger charge is 2.27. The van der Waals surface area contributed by atoms with Crippen LogP contribution in [0.25, 0.3) is 0 Å². The van der Waals surface area contributed by atoms with E-state index < -0.39 is 0 Å². The molecule has 2 atom stereocenters. The molecule has 20 heavy (non-hydrogen) atoms. The standard InChI is InChI=1S/C14H23N3O2S/c1-5-19-10(3)13-16-9(2)12(20-13)14(18)17(4)11-6-7-15-8-11/h10-11,15H,5-8H2,1-4H3/t10-,11-/m0/s1. The lowest BCUT2D eigenvalue weighted by molar-refractivity contribution is 0.0747. The number of aryl methyl sites for hydroxylation is 1. The molecule has 1 aliphatic rings. The summed E-state index contributed by atoms with van der Waals surface area (Å²) in [6.07, 6.45) is 0.964. The molecule has 0 bridgehead atoms. The maximum absolute atomic E-state index is 12.6. The Morgan fingerprint density at radius 3 is 3.00 bits per heavy atom. The van der Waals surface area contributed by atoms with Crippen LogP contribution in [0.1, 0.15) is 46.7 Å². The van der Waals surface area contributed by atoms with Crippen LogP contribution in [0, 0.1) is 6.92 Å². The summed E-state index contributed by atoms with van der Waals surface area (Å²) in [5.74, 6) is 0.0728. The van der Waals surface area contributed by atoms with E-state index in [0.29, 0.717) is 6.61 Å². The Kier molecular flexibility index (Phi) is 5.12. The summed E-state index contributed by atoms with van der Waals surface area (Å²) in [5.41, 5.74) is 0.805. The zero-order chi connectivity index (χ0) is 14.7. The van der Waals surface area contributed by atoms with Crippen molar-refractivity contribution in [3.63, 3.8) is 0 Å². The maximum atomic E-state index is 12.6. The molecule has 0 radical (unpaired) electrons. The minimum Gasteiger partial charge on any atom is -0.372 e. The maximum Gasteiger partial charge on any atom is 0.265 e. The van der Waals surface area contributed by atoms with Crippen molar-refractivity contribution in [1.29, 1.82) is 0 Å². The minimum atomic E-state index is -0.0521. The van der Waals surface area contributed by atoms with Gasteiger partial charge in [-0.15, -0.1) is 11.3 Å². The molecule has 0 aliphatic carbocycles. The summed E-state index contributed by atoms with van der Waals surface area (Å²) in [6, 6.07) is 0.289. The Morgan fingerprint density at radius 2 is 2.40 bits per heavy atom. The van der Waals surface area contributed by atoms with Gasteiger partial charge in [-0.05, 0) is 33.7 Å². The zero-order valence-electron chi connectivity index (χ0n) is 12.6. The van der Waals surface area contributed by atoms with Crippen LogP contribution in [0.4, 0.5) is 0 Å². The summed E-state index contributed by atoms with van der Waals surface area (Å²) in [6.45, 7) is 8.34. The molecule has 1 saturated heterocycles. The van der Waals surface area contributed by atoms with E-state index in [1.165, 1.54) is 11.3 Å². The number of carbonyl (C=O) groups excluding carboxylic acids is 1. The summed E-state index contributed by atoms with van der Waals surface area (Å²) in [5, 5.41) is 4.17. The lowest BCUT2D eigenvalue weighted by atomic mass is 10.2. The third-order valence-electron chi connectivity index (χ3n) is 3.67. The van der Waals surface area contributed by atoms with Gasteiger partial charge in [-0.2, -0.15) is 0 Å². The van der Waals surface area contributed by atoms with Crippen LogP contribution < -0.4 is 5.32 Å². The van der Waals surface area contributed by atoms with E-state index in [9.17, 15) is 4.79 Å². The van der Waals surface area contributed by atoms with Crippen LogP contribution in [0.15, 0.2) is 0 Å². The largest absolute Gasteiger partial charge is 0.372 e. The second-order valence-corrected chi connectivity index (χ2v) is 6.16. The number of nitrogens with one attached hydrogen (secondary N) is 1. The van der Waals surface area contributed by atoms with Crippen molar-refractivity contribution in [3.05, 3.63) is 15.6 Å². The van der Waals surface area contributed by atoms with Gasteiger partial charge in [-0.3, -0.25) is 4.79 Å². The fourth-order valence-electron chi connectivity index (χ4n) is 2.41. The molecule has 0 unspecified atom stereocenters. The van der Waals surface area contributed by atoms with E-state index in [1.807, 2.05) is 32.7 Å². The van der Waals surface area contributed by atoms with Gasteiger partial charge in [0.15, 0.2) is 0 Å². The first-order valence-corrected chi connectivity index (χ1v) is 7.93. The molecule has 112 valence electrons. The number of carbonyl (C=O) groups is 1. The van der Waals surface area contributed by atoms with Gasteiger partial charge in [-0.1, -0.05) is 0 Å². The highest BCUT2D eigenvalue weighted by molar-refractivity contribution is 7.13. The molecule has 1 aromatic heterocycles. The van der Waals surface area contributed by atoms with Gasteiger partial charge in [0.2, 0.25) is 0 Å². The molecule has 2 rings (SSSR count). The van der Waals surface area contributed by atoms with Crippen LogP contribution in [0.5, 0.6) is 0 Å². The Hall–Kier alpha value is -0.980. The number of nitrogens with zero attached hydrogens (tertiary/aromatic N) is 2. The van der Waals surface area contributed by atoms with E-state index >= 15 is 0 Å². The van der Waals surface area contributed by atoms with Crippen molar-refractivity contribution in [2.24, 2.45) is 0 Å². The first-order chi connectivity index (χ1) is 9.54. The fraction of sp³-hybridized carbons (Fsp3) is 0.714. The van der Waals surface area contributed by atoms with Gasteiger partial charge in [0, 0.05) is 26.2 Å². The molecule has 6 heteroatoms. The summed E-state index contributed by atoms with van der Waals surface area (Å²) >= 11 is 1.46. The molecule has 1 fully saturated rings. The SMILES string of the molecule is CCO[C@@H](C)c1nc(C)c(C(=O)N(C)[C@H]2CCNC2)s1. The lowest BCUT2D eigenvalue weighted by Crippen LogP contribution is -2.38. The Labute approximate surface area is 124 Å². The summed E-state index contributed by atoms with van der Waals surface area (Å²) < 4.78 is 5.55. The fourth-order valence-corrected chi connectivity index (χ4v) is 3.46. The van der Waals surface area contributed by atoms with Gasteiger partial charge in [0.25, 0.3) is 5.91 Å². The lowest BCUT2D eigenvalue weighted by Gasteiger charge is -2.23. The first kappa shape index (κ1) is 15.4. The van der Waals surface area contributed by atoms with E-state index in [4.69, 9.17) is 4.74 Å². The number of thiazole rings is 1. The molecule has 1 aromatic rings. The molecule has 5 nitrogen and oxygen atoms in total. The van der Waals surface area contributed by atoms with Crippen LogP contribution in [-0.4, -0.2) is 48.6 Å². The van der Waals surface area contributed by atoms with E-state index in [2.05, 4.69) is 10.3 Å². The Bertz CT molecular complexity index is 469. The smallest absolute Gasteiger partial charge is 0.265 e. The normalized spacial score (nSPS) is 20.1. The molecule has 2 heterocycles. The Balaban J connectivity index is 2.13. The van der Waals surface area contributed by atoms with Crippen molar-refractivity contribution in [2.45, 2.75) is 39.3 Å². The molecule has 0 aromatic carbocycles. The quantitative estimate of drug-likeness (QED) is 0.903. The summed E-state index contributed by atoms with van der Waals surface area (Å²) in [4.78, 5) is 19.6. The number of rotatable bonds is 5. The topological polar surface area (TPSA) is 54.5 Å². The number of amides is 1. The number of hydrogen-bond donors (Lipinski definition) is 1. The number of likely N-dealkylation sites (N-methyl/N-ethyl adjacent to an activating group) is 1. The second-order valence-electron chi connectivity index (χ2n) is 5.13. The van der Waals surface area contributed by atoms with Crippen molar-refractivity contribution in [3.8, 4) is 0 Å². The van der Waals surface area contributed by atoms with Crippen LogP contribution >= 0.6 is 11.3 Å². The average Bonchev–Trinajstić information content (AvgIpc) is 3.06. The van der Waals surface area contributed by atoms with Crippen LogP contribution in [-0.2, 0) is 4.74 Å².